The molecule has 1 heteroatoms. The second-order valence-corrected chi connectivity index (χ2v) is 3.53. The molecule has 1 aromatic rings. The van der Waals surface area contributed by atoms with Crippen molar-refractivity contribution in [2.75, 3.05) is 0 Å². The second kappa shape index (κ2) is 6.07. The van der Waals surface area contributed by atoms with Gasteiger partial charge in [0.15, 0.2) is 0 Å². The Morgan fingerprint density at radius 2 is 2.00 bits per heavy atom. The predicted molar refractivity (Wildman–Crippen MR) is 65.0 cm³/mol. The molecule has 0 aliphatic heterocycles. The van der Waals surface area contributed by atoms with Gasteiger partial charge < -0.3 is 4.74 Å². The summed E-state index contributed by atoms with van der Waals surface area (Å²) in [4.78, 5) is 0. The van der Waals surface area contributed by atoms with Gasteiger partial charge in [-0.25, -0.2) is 0 Å². The molecular formula is C14H18O. The molecule has 1 rings (SSSR count). The predicted octanol–water partition coefficient (Wildman–Crippen LogP) is 4.24. The summed E-state index contributed by atoms with van der Waals surface area (Å²) in [7, 11) is 0. The quantitative estimate of drug-likeness (QED) is 0.512. The summed E-state index contributed by atoms with van der Waals surface area (Å²) in [5, 5.41) is 0. The van der Waals surface area contributed by atoms with Crippen LogP contribution in [0.25, 0.3) is 0 Å². The first-order valence-electron chi connectivity index (χ1n) is 5.32. The smallest absolute Gasteiger partial charge is 0.126 e. The third-order valence-electron chi connectivity index (χ3n) is 2.07. The van der Waals surface area contributed by atoms with Crippen molar-refractivity contribution in [3.05, 3.63) is 54.3 Å². The van der Waals surface area contributed by atoms with E-state index in [-0.39, 0.29) is 0 Å². The highest BCUT2D eigenvalue weighted by Crippen LogP contribution is 2.17. The van der Waals surface area contributed by atoms with E-state index < -0.39 is 0 Å². The molecule has 0 bridgehead atoms. The van der Waals surface area contributed by atoms with Crippen LogP contribution in [-0.4, -0.2) is 0 Å². The molecule has 1 aromatic carbocycles. The highest BCUT2D eigenvalue weighted by atomic mass is 16.5. The zero-order valence-corrected chi connectivity index (χ0v) is 9.49. The maximum Gasteiger partial charge on any atom is 0.126 e. The van der Waals surface area contributed by atoms with Gasteiger partial charge in [0.2, 0.25) is 0 Å². The third-order valence-corrected chi connectivity index (χ3v) is 2.07. The van der Waals surface area contributed by atoms with Gasteiger partial charge in [-0.2, -0.15) is 0 Å². The van der Waals surface area contributed by atoms with E-state index in [0.29, 0.717) is 0 Å². The Hall–Kier alpha value is -1.50. The van der Waals surface area contributed by atoms with Crippen molar-refractivity contribution in [2.45, 2.75) is 26.7 Å². The molecule has 0 aliphatic carbocycles. The van der Waals surface area contributed by atoms with Crippen molar-refractivity contribution >= 4 is 0 Å². The van der Waals surface area contributed by atoms with Crippen LogP contribution in [0.15, 0.2) is 48.8 Å². The van der Waals surface area contributed by atoms with Crippen LogP contribution in [0.2, 0.25) is 0 Å². The van der Waals surface area contributed by atoms with Crippen LogP contribution in [0.5, 0.6) is 5.75 Å². The van der Waals surface area contributed by atoms with Crippen molar-refractivity contribution in [3.8, 4) is 5.75 Å². The molecule has 0 aliphatic rings. The van der Waals surface area contributed by atoms with E-state index in [4.69, 9.17) is 4.74 Å². The number of ether oxygens (including phenoxy) is 1. The summed E-state index contributed by atoms with van der Waals surface area (Å²) in [6.45, 7) is 7.88. The van der Waals surface area contributed by atoms with Crippen LogP contribution in [0.4, 0.5) is 0 Å². The molecule has 80 valence electrons. The molecule has 0 amide bonds. The maximum atomic E-state index is 5.74. The van der Waals surface area contributed by atoms with Crippen molar-refractivity contribution < 1.29 is 4.74 Å². The normalized spacial score (nSPS) is 11.2. The van der Waals surface area contributed by atoms with E-state index in [0.717, 1.165) is 24.4 Å². The van der Waals surface area contributed by atoms with Crippen molar-refractivity contribution in [1.29, 1.82) is 0 Å². The number of allylic oxidation sites excluding steroid dienone is 3. The molecule has 0 fully saturated rings. The molecule has 0 N–H and O–H groups in total. The van der Waals surface area contributed by atoms with Crippen LogP contribution in [0.1, 0.15) is 25.3 Å². The zero-order valence-electron chi connectivity index (χ0n) is 9.49. The largest absolute Gasteiger partial charge is 0.462 e. The van der Waals surface area contributed by atoms with E-state index in [9.17, 15) is 0 Å². The van der Waals surface area contributed by atoms with E-state index >= 15 is 0 Å². The highest BCUT2D eigenvalue weighted by Gasteiger charge is 1.98. The molecule has 0 saturated carbocycles. The fraction of sp³-hybridized carbons (Fsp3) is 0.286. The third kappa shape index (κ3) is 4.03. The Balaban J connectivity index is 2.69. The van der Waals surface area contributed by atoms with Crippen LogP contribution in [0, 0.1) is 6.92 Å². The fourth-order valence-electron chi connectivity index (χ4n) is 1.30. The SMILES string of the molecule is C=C/C=C(\CCC)Oc1ccc(C)cc1. The lowest BCUT2D eigenvalue weighted by molar-refractivity contribution is 0.402. The number of aryl methyl sites for hydroxylation is 1. The molecule has 15 heavy (non-hydrogen) atoms. The lowest BCUT2D eigenvalue weighted by atomic mass is 10.2. The second-order valence-electron chi connectivity index (χ2n) is 3.53. The van der Waals surface area contributed by atoms with Crippen LogP contribution in [0.3, 0.4) is 0 Å². The topological polar surface area (TPSA) is 9.23 Å². The van der Waals surface area contributed by atoms with Gasteiger partial charge in [-0.15, -0.1) is 0 Å². The Kier molecular flexibility index (Phi) is 4.69. The molecule has 1 nitrogen and oxygen atoms in total. The zero-order chi connectivity index (χ0) is 11.1. The standard InChI is InChI=1S/C14H18O/c1-4-6-13(7-5-2)15-14-10-8-12(3)9-11-14/h4,6,8-11H,1,5,7H2,2-3H3/b13-6+. The Morgan fingerprint density at radius 3 is 2.53 bits per heavy atom. The van der Waals surface area contributed by atoms with Crippen LogP contribution >= 0.6 is 0 Å². The summed E-state index contributed by atoms with van der Waals surface area (Å²) < 4.78 is 5.74. The average Bonchev–Trinajstić information content (AvgIpc) is 2.22. The van der Waals surface area contributed by atoms with Crippen molar-refractivity contribution in [1.82, 2.24) is 0 Å². The first kappa shape index (κ1) is 11.6. The molecule has 0 heterocycles. The summed E-state index contributed by atoms with van der Waals surface area (Å²) >= 11 is 0. The minimum absolute atomic E-state index is 0.891. The summed E-state index contributed by atoms with van der Waals surface area (Å²) in [6, 6.07) is 8.07. The molecule has 0 spiro atoms. The van der Waals surface area contributed by atoms with E-state index in [1.54, 1.807) is 6.08 Å². The minimum Gasteiger partial charge on any atom is -0.462 e. The van der Waals surface area contributed by atoms with Gasteiger partial charge in [-0.05, 0) is 31.6 Å². The number of hydrogen-bond acceptors (Lipinski definition) is 1. The van der Waals surface area contributed by atoms with Crippen LogP contribution in [-0.2, 0) is 0 Å². The van der Waals surface area contributed by atoms with Gasteiger partial charge in [-0.1, -0.05) is 37.3 Å². The highest BCUT2D eigenvalue weighted by molar-refractivity contribution is 5.28. The van der Waals surface area contributed by atoms with Gasteiger partial charge in [0, 0.05) is 6.42 Å². The van der Waals surface area contributed by atoms with Gasteiger partial charge >= 0.3 is 0 Å². The van der Waals surface area contributed by atoms with Crippen LogP contribution < -0.4 is 4.74 Å². The number of benzene rings is 1. The van der Waals surface area contributed by atoms with E-state index in [1.165, 1.54) is 5.56 Å². The average molecular weight is 202 g/mol. The van der Waals surface area contributed by atoms with Crippen molar-refractivity contribution in [2.24, 2.45) is 0 Å². The number of rotatable bonds is 5. The molecular weight excluding hydrogens is 184 g/mol. The first-order chi connectivity index (χ1) is 7.26. The summed E-state index contributed by atoms with van der Waals surface area (Å²) in [6.07, 6.45) is 5.70. The Labute approximate surface area is 92.1 Å². The Bertz CT molecular complexity index is 333. The summed E-state index contributed by atoms with van der Waals surface area (Å²) in [5.41, 5.74) is 1.24. The minimum atomic E-state index is 0.891. The lowest BCUT2D eigenvalue weighted by Gasteiger charge is -2.08. The summed E-state index contributed by atoms with van der Waals surface area (Å²) in [5.74, 6) is 1.86. The first-order valence-corrected chi connectivity index (χ1v) is 5.32. The van der Waals surface area contributed by atoms with Gasteiger partial charge in [-0.3, -0.25) is 0 Å². The van der Waals surface area contributed by atoms with Gasteiger partial charge in [0.05, 0.1) is 0 Å². The van der Waals surface area contributed by atoms with E-state index in [2.05, 4.69) is 20.4 Å². The molecule has 0 radical (unpaired) electrons. The maximum absolute atomic E-state index is 5.74. The molecule has 0 aromatic heterocycles. The van der Waals surface area contributed by atoms with E-state index in [1.807, 2.05) is 30.3 Å². The van der Waals surface area contributed by atoms with Gasteiger partial charge in [0.25, 0.3) is 0 Å². The molecule has 0 unspecified atom stereocenters. The number of hydrogen-bond donors (Lipinski definition) is 0. The molecule has 0 saturated heterocycles. The lowest BCUT2D eigenvalue weighted by Crippen LogP contribution is -1.94. The van der Waals surface area contributed by atoms with Gasteiger partial charge in [0.1, 0.15) is 11.5 Å². The fourth-order valence-corrected chi connectivity index (χ4v) is 1.30. The monoisotopic (exact) mass is 202 g/mol. The molecule has 0 atom stereocenters. The Morgan fingerprint density at radius 1 is 1.33 bits per heavy atom. The van der Waals surface area contributed by atoms with Crippen molar-refractivity contribution in [3.63, 3.8) is 0 Å².